The first-order valence-electron chi connectivity index (χ1n) is 17.9. The van der Waals surface area contributed by atoms with Gasteiger partial charge in [-0.1, -0.05) is 36.7 Å². The van der Waals surface area contributed by atoms with Crippen LogP contribution >= 0.6 is 11.6 Å². The van der Waals surface area contributed by atoms with Crippen LogP contribution in [0.4, 0.5) is 5.69 Å². The first-order valence-corrected chi connectivity index (χ1v) is 19.8. The van der Waals surface area contributed by atoms with E-state index in [-0.39, 0.29) is 17.3 Å². The molecule has 0 radical (unpaired) electrons. The quantitative estimate of drug-likeness (QED) is 0.412. The van der Waals surface area contributed by atoms with Crippen molar-refractivity contribution in [1.29, 1.82) is 0 Å². The van der Waals surface area contributed by atoms with Gasteiger partial charge in [0.25, 0.3) is 5.91 Å². The number of hydrogen-bond acceptors (Lipinski definition) is 8. The summed E-state index contributed by atoms with van der Waals surface area (Å²) < 4.78 is 48.3. The summed E-state index contributed by atoms with van der Waals surface area (Å²) in [6.45, 7) is 9.48. The minimum atomic E-state index is -3.94. The number of nitrogens with zero attached hydrogens (tertiary/aromatic N) is 2. The van der Waals surface area contributed by atoms with Gasteiger partial charge in [-0.3, -0.25) is 9.69 Å². The van der Waals surface area contributed by atoms with Crippen molar-refractivity contribution in [2.24, 2.45) is 17.8 Å². The summed E-state index contributed by atoms with van der Waals surface area (Å²) in [5, 5.41) is -0.0310. The number of hydrogen-bond donors (Lipinski definition) is 1. The molecule has 2 aromatic rings. The SMILES string of the molecule is CO[C@]1(CN2CCOCC2)/C=C\C[C@H](C)[C@@H](C)S(=O)(=O)NC(=O)c2ccc3c(c2)N(C[C@@H]2CC[C@H]21)C[C@@]1(CCCc2cc(Cl)ccc21)CO3. The van der Waals surface area contributed by atoms with E-state index < -0.39 is 26.8 Å². The Balaban J connectivity index is 1.32. The Bertz CT molecular complexity index is 1700. The Morgan fingerprint density at radius 3 is 2.67 bits per heavy atom. The average Bonchev–Trinajstić information content (AvgIpc) is 3.22. The second-order valence-corrected chi connectivity index (χ2v) is 17.5. The second kappa shape index (κ2) is 13.8. The molecule has 9 nitrogen and oxygen atoms in total. The Labute approximate surface area is 296 Å². The van der Waals surface area contributed by atoms with E-state index in [4.69, 9.17) is 25.8 Å². The lowest BCUT2D eigenvalue weighted by atomic mass is 9.63. The van der Waals surface area contributed by atoms with Crippen molar-refractivity contribution in [3.63, 3.8) is 0 Å². The molecule has 2 aromatic carbocycles. The fraction of sp³-hybridized carbons (Fsp3) is 0.605. The molecular formula is C38H50ClN3O6S. The molecule has 2 fully saturated rings. The number of anilines is 1. The zero-order valence-electron chi connectivity index (χ0n) is 29.0. The third-order valence-electron chi connectivity index (χ3n) is 12.2. The maximum atomic E-state index is 13.6. The van der Waals surface area contributed by atoms with Crippen LogP contribution in [0.15, 0.2) is 48.6 Å². The third kappa shape index (κ3) is 6.76. The molecule has 266 valence electrons. The lowest BCUT2D eigenvalue weighted by molar-refractivity contribution is -0.101. The number of allylic oxidation sites excluding steroid dienone is 1. The number of nitrogens with one attached hydrogen (secondary N) is 1. The number of fused-ring (bicyclic) bond motifs is 4. The first-order chi connectivity index (χ1) is 23.5. The summed E-state index contributed by atoms with van der Waals surface area (Å²) in [6.07, 6.45) is 9.99. The van der Waals surface area contributed by atoms with Gasteiger partial charge in [0.15, 0.2) is 0 Å². The summed E-state index contributed by atoms with van der Waals surface area (Å²) in [5.41, 5.74) is 2.88. The van der Waals surface area contributed by atoms with E-state index >= 15 is 0 Å². The van der Waals surface area contributed by atoms with Gasteiger partial charge in [0, 0.05) is 55.8 Å². The van der Waals surface area contributed by atoms with E-state index in [1.54, 1.807) is 13.0 Å². The molecule has 1 spiro atoms. The minimum absolute atomic E-state index is 0.218. The van der Waals surface area contributed by atoms with Crippen LogP contribution in [0.3, 0.4) is 0 Å². The second-order valence-electron chi connectivity index (χ2n) is 15.1. The zero-order chi connectivity index (χ0) is 34.4. The van der Waals surface area contributed by atoms with Crippen molar-refractivity contribution in [2.45, 2.75) is 68.6 Å². The maximum absolute atomic E-state index is 13.6. The highest BCUT2D eigenvalue weighted by atomic mass is 35.5. The average molecular weight is 712 g/mol. The normalized spacial score (nSPS) is 34.0. The van der Waals surface area contributed by atoms with Crippen molar-refractivity contribution >= 4 is 33.2 Å². The van der Waals surface area contributed by atoms with Crippen LogP contribution in [0, 0.1) is 17.8 Å². The van der Waals surface area contributed by atoms with Crippen molar-refractivity contribution in [1.82, 2.24) is 9.62 Å². The molecule has 2 aliphatic carbocycles. The number of rotatable bonds is 3. The summed E-state index contributed by atoms with van der Waals surface area (Å²) in [7, 11) is -2.12. The molecule has 1 saturated carbocycles. The van der Waals surface area contributed by atoms with Gasteiger partial charge in [0.05, 0.1) is 30.8 Å². The Kier molecular flexibility index (Phi) is 9.82. The Morgan fingerprint density at radius 2 is 1.92 bits per heavy atom. The van der Waals surface area contributed by atoms with Gasteiger partial charge in [-0.15, -0.1) is 0 Å². The van der Waals surface area contributed by atoms with Gasteiger partial charge in [-0.05, 0) is 105 Å². The van der Waals surface area contributed by atoms with E-state index in [2.05, 4.69) is 38.8 Å². The smallest absolute Gasteiger partial charge is 0.264 e. The van der Waals surface area contributed by atoms with Gasteiger partial charge in [0.1, 0.15) is 11.4 Å². The number of ether oxygens (including phenoxy) is 3. The summed E-state index contributed by atoms with van der Waals surface area (Å²) >= 11 is 6.48. The van der Waals surface area contributed by atoms with Crippen LogP contribution < -0.4 is 14.4 Å². The molecule has 6 atom stereocenters. The van der Waals surface area contributed by atoms with E-state index in [1.165, 1.54) is 11.1 Å². The van der Waals surface area contributed by atoms with Gasteiger partial charge in [0.2, 0.25) is 10.0 Å². The number of carbonyl (C=O) groups is 1. The lowest BCUT2D eigenvalue weighted by Crippen LogP contribution is -2.58. The predicted molar refractivity (Wildman–Crippen MR) is 192 cm³/mol. The van der Waals surface area contributed by atoms with Crippen molar-refractivity contribution in [2.75, 3.05) is 64.6 Å². The van der Waals surface area contributed by atoms with E-state index in [1.807, 2.05) is 32.2 Å². The molecule has 0 unspecified atom stereocenters. The summed E-state index contributed by atoms with van der Waals surface area (Å²) in [6, 6.07) is 11.6. The Hall–Kier alpha value is -2.63. The molecule has 3 aliphatic heterocycles. The largest absolute Gasteiger partial charge is 0.490 e. The number of sulfonamides is 1. The number of morpholine rings is 1. The molecule has 3 heterocycles. The van der Waals surface area contributed by atoms with Crippen LogP contribution in [0.25, 0.3) is 0 Å². The third-order valence-corrected chi connectivity index (χ3v) is 14.3. The number of halogens is 1. The van der Waals surface area contributed by atoms with Crippen molar-refractivity contribution < 1.29 is 27.4 Å². The van der Waals surface area contributed by atoms with E-state index in [9.17, 15) is 13.2 Å². The van der Waals surface area contributed by atoms with Gasteiger partial charge < -0.3 is 19.1 Å². The number of benzene rings is 2. The highest BCUT2D eigenvalue weighted by Gasteiger charge is 2.50. The van der Waals surface area contributed by atoms with Crippen LogP contribution in [0.2, 0.25) is 5.02 Å². The molecule has 7 rings (SSSR count). The van der Waals surface area contributed by atoms with Crippen LogP contribution in [-0.2, 0) is 31.3 Å². The fourth-order valence-corrected chi connectivity index (χ4v) is 10.4. The highest BCUT2D eigenvalue weighted by Crippen LogP contribution is 2.49. The highest BCUT2D eigenvalue weighted by molar-refractivity contribution is 7.90. The number of aryl methyl sites for hydroxylation is 1. The van der Waals surface area contributed by atoms with Crippen molar-refractivity contribution in [3.05, 3.63) is 70.3 Å². The molecule has 2 bridgehead atoms. The predicted octanol–water partition coefficient (Wildman–Crippen LogP) is 5.60. The van der Waals surface area contributed by atoms with Gasteiger partial charge in [-0.2, -0.15) is 0 Å². The summed E-state index contributed by atoms with van der Waals surface area (Å²) in [4.78, 5) is 18.4. The molecule has 49 heavy (non-hydrogen) atoms. The van der Waals surface area contributed by atoms with E-state index in [0.29, 0.717) is 43.5 Å². The monoisotopic (exact) mass is 711 g/mol. The van der Waals surface area contributed by atoms with E-state index in [0.717, 1.165) is 75.5 Å². The molecular weight excluding hydrogens is 662 g/mol. The number of methoxy groups -OCH3 is 1. The number of carbonyl (C=O) groups excluding carboxylic acids is 1. The summed E-state index contributed by atoms with van der Waals surface area (Å²) in [5.74, 6) is 0.469. The molecule has 1 N–H and O–H groups in total. The topological polar surface area (TPSA) is 97.4 Å². The minimum Gasteiger partial charge on any atom is -0.490 e. The Morgan fingerprint density at radius 1 is 1.10 bits per heavy atom. The standard InChI is InChI=1S/C38H50ClN3O6S/c1-26-6-4-15-38(46-3,24-41-16-18-47-19-17-41)33-11-8-30(33)22-42-23-37(14-5-7-28-20-31(39)10-12-32(28)37)25-48-35-13-9-29(21-34(35)42)36(43)40-49(44,45)27(26)2/h4,9-10,12-13,15,20-21,26-27,30,33H,5-8,11,14,16-19,22-25H2,1-3H3,(H,40,43)/b15-4-/t26-,27+,30-,33+,37-,38-/m0/s1. The molecule has 0 aromatic heterocycles. The van der Waals surface area contributed by atoms with Crippen LogP contribution in [-0.4, -0.2) is 89.7 Å². The lowest BCUT2D eigenvalue weighted by Gasteiger charge is -2.52. The van der Waals surface area contributed by atoms with Crippen LogP contribution in [0.5, 0.6) is 5.75 Å². The molecule has 1 saturated heterocycles. The van der Waals surface area contributed by atoms with Gasteiger partial charge in [-0.25, -0.2) is 13.1 Å². The number of amides is 1. The van der Waals surface area contributed by atoms with Gasteiger partial charge >= 0.3 is 0 Å². The zero-order valence-corrected chi connectivity index (χ0v) is 30.5. The molecule has 11 heteroatoms. The maximum Gasteiger partial charge on any atom is 0.264 e. The first kappa shape index (κ1) is 34.8. The van der Waals surface area contributed by atoms with Crippen molar-refractivity contribution in [3.8, 4) is 5.75 Å². The molecule has 1 amide bonds. The van der Waals surface area contributed by atoms with Crippen LogP contribution in [0.1, 0.15) is 67.4 Å². The molecule has 5 aliphatic rings. The fourth-order valence-electron chi connectivity index (χ4n) is 8.92.